The van der Waals surface area contributed by atoms with Crippen molar-refractivity contribution in [3.05, 3.63) is 53.6 Å². The van der Waals surface area contributed by atoms with Crippen molar-refractivity contribution in [3.8, 4) is 22.9 Å². The van der Waals surface area contributed by atoms with Gasteiger partial charge in [-0.15, -0.1) is 10.2 Å². The van der Waals surface area contributed by atoms with Crippen molar-refractivity contribution in [3.63, 3.8) is 0 Å². The normalized spacial score (nSPS) is 12.7. The number of ether oxygens (including phenoxy) is 2. The van der Waals surface area contributed by atoms with E-state index in [1.807, 2.05) is 30.0 Å². The molecule has 0 bridgehead atoms. The minimum absolute atomic E-state index is 0.0619. The first-order chi connectivity index (χ1) is 16.3. The van der Waals surface area contributed by atoms with Crippen LogP contribution in [0.5, 0.6) is 11.5 Å². The molecule has 1 amide bonds. The number of thioether (sulfide) groups is 1. The Hall–Kier alpha value is -3.00. The number of carbonyl (C=O) groups excluding carboxylic acids is 1. The molecule has 7 nitrogen and oxygen atoms in total. The Balaban J connectivity index is 1.42. The highest BCUT2D eigenvalue weighted by Crippen LogP contribution is 2.33. The highest BCUT2D eigenvalue weighted by Gasteiger charge is 2.20. The van der Waals surface area contributed by atoms with Crippen molar-refractivity contribution in [1.82, 2.24) is 19.7 Å². The van der Waals surface area contributed by atoms with Crippen LogP contribution in [0.3, 0.4) is 0 Å². The van der Waals surface area contributed by atoms with Gasteiger partial charge in [0.15, 0.2) is 22.5 Å². The molecule has 8 heteroatoms. The number of aromatic nitrogens is 3. The maximum atomic E-state index is 13.0. The van der Waals surface area contributed by atoms with Crippen LogP contribution < -0.4 is 9.47 Å². The lowest BCUT2D eigenvalue weighted by molar-refractivity contribution is -0.128. The van der Waals surface area contributed by atoms with E-state index in [0.29, 0.717) is 18.8 Å². The average molecular weight is 481 g/mol. The second kappa shape index (κ2) is 10.1. The van der Waals surface area contributed by atoms with Gasteiger partial charge in [-0.3, -0.25) is 4.79 Å². The van der Waals surface area contributed by atoms with E-state index >= 15 is 0 Å². The van der Waals surface area contributed by atoms with Crippen molar-refractivity contribution in [2.45, 2.75) is 58.3 Å². The number of carbonyl (C=O) groups is 1. The summed E-state index contributed by atoms with van der Waals surface area (Å²) in [6, 6.07) is 14.3. The molecular formula is C26H32N4O3S. The molecule has 1 aromatic heterocycles. The Morgan fingerprint density at radius 2 is 1.79 bits per heavy atom. The average Bonchev–Trinajstić information content (AvgIpc) is 3.46. The van der Waals surface area contributed by atoms with Crippen LogP contribution in [0, 0.1) is 0 Å². The predicted octanol–water partition coefficient (Wildman–Crippen LogP) is 5.13. The fraction of sp³-hybridized carbons (Fsp3) is 0.423. The third kappa shape index (κ3) is 5.22. The smallest absolute Gasteiger partial charge is 0.233 e. The van der Waals surface area contributed by atoms with Crippen molar-refractivity contribution in [1.29, 1.82) is 0 Å². The maximum absolute atomic E-state index is 13.0. The minimum Gasteiger partial charge on any atom is -0.454 e. The molecule has 0 atom stereocenters. The molecule has 0 fully saturated rings. The summed E-state index contributed by atoms with van der Waals surface area (Å²) >= 11 is 1.43. The summed E-state index contributed by atoms with van der Waals surface area (Å²) in [7, 11) is 0. The quantitative estimate of drug-likeness (QED) is 0.416. The summed E-state index contributed by atoms with van der Waals surface area (Å²) in [5.74, 6) is 2.67. The SMILES string of the molecule is CCN(Cc1ccc2c(c1)OCO2)C(=O)CSc1nnc(-c2ccc(C(C)(C)C)cc2)n1CC. The molecular weight excluding hydrogens is 448 g/mol. The Kier molecular flexibility index (Phi) is 7.16. The number of nitrogens with zero attached hydrogens (tertiary/aromatic N) is 4. The zero-order valence-corrected chi connectivity index (χ0v) is 21.3. The fourth-order valence-corrected chi connectivity index (χ4v) is 4.77. The monoisotopic (exact) mass is 480 g/mol. The topological polar surface area (TPSA) is 69.5 Å². The predicted molar refractivity (Wildman–Crippen MR) is 134 cm³/mol. The van der Waals surface area contributed by atoms with E-state index in [9.17, 15) is 4.79 Å². The van der Waals surface area contributed by atoms with Gasteiger partial charge in [0, 0.05) is 25.2 Å². The zero-order chi connectivity index (χ0) is 24.3. The Morgan fingerprint density at radius 3 is 2.47 bits per heavy atom. The van der Waals surface area contributed by atoms with E-state index in [-0.39, 0.29) is 18.1 Å². The molecule has 1 aliphatic rings. The Bertz CT molecular complexity index is 1150. The largest absolute Gasteiger partial charge is 0.454 e. The summed E-state index contributed by atoms with van der Waals surface area (Å²) in [6.07, 6.45) is 0. The minimum atomic E-state index is 0.0619. The van der Waals surface area contributed by atoms with Crippen molar-refractivity contribution in [2.75, 3.05) is 19.1 Å². The van der Waals surface area contributed by atoms with E-state index in [4.69, 9.17) is 9.47 Å². The number of amides is 1. The lowest BCUT2D eigenvalue weighted by Gasteiger charge is -2.21. The molecule has 0 radical (unpaired) electrons. The van der Waals surface area contributed by atoms with E-state index in [0.717, 1.165) is 40.2 Å². The molecule has 0 spiro atoms. The van der Waals surface area contributed by atoms with Crippen molar-refractivity contribution < 1.29 is 14.3 Å². The van der Waals surface area contributed by atoms with Crippen LogP contribution in [-0.4, -0.2) is 44.7 Å². The third-order valence-corrected chi connectivity index (χ3v) is 6.86. The van der Waals surface area contributed by atoms with Crippen LogP contribution in [0.2, 0.25) is 0 Å². The number of fused-ring (bicyclic) bond motifs is 1. The van der Waals surface area contributed by atoms with Crippen LogP contribution in [0.15, 0.2) is 47.6 Å². The third-order valence-electron chi connectivity index (χ3n) is 5.91. The molecule has 0 aliphatic carbocycles. The molecule has 0 N–H and O–H groups in total. The summed E-state index contributed by atoms with van der Waals surface area (Å²) in [5, 5.41) is 9.58. The van der Waals surface area contributed by atoms with Crippen LogP contribution >= 0.6 is 11.8 Å². The van der Waals surface area contributed by atoms with Gasteiger partial charge in [-0.25, -0.2) is 0 Å². The van der Waals surface area contributed by atoms with Crippen LogP contribution in [0.1, 0.15) is 45.7 Å². The van der Waals surface area contributed by atoms with Gasteiger partial charge in [0.1, 0.15) is 0 Å². The molecule has 2 heterocycles. The Labute approximate surface area is 205 Å². The van der Waals surface area contributed by atoms with Gasteiger partial charge in [-0.05, 0) is 42.5 Å². The number of hydrogen-bond acceptors (Lipinski definition) is 6. The van der Waals surface area contributed by atoms with Crippen LogP contribution in [-0.2, 0) is 23.3 Å². The molecule has 1 aliphatic heterocycles. The van der Waals surface area contributed by atoms with Crippen LogP contribution in [0.4, 0.5) is 0 Å². The lowest BCUT2D eigenvalue weighted by atomic mass is 9.87. The van der Waals surface area contributed by atoms with Gasteiger partial charge < -0.3 is 18.9 Å². The summed E-state index contributed by atoms with van der Waals surface area (Å²) in [5.41, 5.74) is 3.42. The van der Waals surface area contributed by atoms with Crippen LogP contribution in [0.25, 0.3) is 11.4 Å². The van der Waals surface area contributed by atoms with Gasteiger partial charge >= 0.3 is 0 Å². The van der Waals surface area contributed by atoms with Crippen molar-refractivity contribution >= 4 is 17.7 Å². The summed E-state index contributed by atoms with van der Waals surface area (Å²) in [6.45, 7) is 12.8. The maximum Gasteiger partial charge on any atom is 0.233 e. The fourth-order valence-electron chi connectivity index (χ4n) is 3.87. The number of hydrogen-bond donors (Lipinski definition) is 0. The zero-order valence-electron chi connectivity index (χ0n) is 20.5. The number of benzene rings is 2. The lowest BCUT2D eigenvalue weighted by Crippen LogP contribution is -2.31. The van der Waals surface area contributed by atoms with E-state index < -0.39 is 0 Å². The first-order valence-corrected chi connectivity index (χ1v) is 12.6. The highest BCUT2D eigenvalue weighted by molar-refractivity contribution is 7.99. The molecule has 0 unspecified atom stereocenters. The van der Waals surface area contributed by atoms with Gasteiger partial charge in [0.2, 0.25) is 12.7 Å². The van der Waals surface area contributed by atoms with Gasteiger partial charge in [-0.2, -0.15) is 0 Å². The molecule has 34 heavy (non-hydrogen) atoms. The second-order valence-electron chi connectivity index (χ2n) is 9.26. The summed E-state index contributed by atoms with van der Waals surface area (Å²) < 4.78 is 12.9. The highest BCUT2D eigenvalue weighted by atomic mass is 32.2. The molecule has 180 valence electrons. The summed E-state index contributed by atoms with van der Waals surface area (Å²) in [4.78, 5) is 14.8. The van der Waals surface area contributed by atoms with Crippen molar-refractivity contribution in [2.24, 2.45) is 0 Å². The standard InChI is InChI=1S/C26H32N4O3S/c1-6-29(15-18-8-13-21-22(14-18)33-17-32-21)23(31)16-34-25-28-27-24(30(25)7-2)19-9-11-20(12-10-19)26(3,4)5/h8-14H,6-7,15-17H2,1-5H3. The molecule has 0 saturated carbocycles. The first-order valence-electron chi connectivity index (χ1n) is 11.6. The van der Waals surface area contributed by atoms with E-state index in [1.165, 1.54) is 17.3 Å². The molecule has 4 rings (SSSR count). The molecule has 3 aromatic rings. The van der Waals surface area contributed by atoms with Gasteiger partial charge in [0.05, 0.1) is 5.75 Å². The molecule has 0 saturated heterocycles. The number of rotatable bonds is 8. The first kappa shape index (κ1) is 24.1. The Morgan fingerprint density at radius 1 is 1.06 bits per heavy atom. The molecule has 2 aromatic carbocycles. The van der Waals surface area contributed by atoms with Gasteiger partial charge in [0.25, 0.3) is 0 Å². The van der Waals surface area contributed by atoms with Gasteiger partial charge in [-0.1, -0.05) is 62.9 Å². The second-order valence-corrected chi connectivity index (χ2v) is 10.2. The van der Waals surface area contributed by atoms with E-state index in [1.54, 1.807) is 0 Å². The van der Waals surface area contributed by atoms with E-state index in [2.05, 4.69) is 66.7 Å².